The van der Waals surface area contributed by atoms with E-state index in [1.165, 1.54) is 12.8 Å². The summed E-state index contributed by atoms with van der Waals surface area (Å²) in [5.41, 5.74) is 6.58. The molecule has 0 aliphatic heterocycles. The minimum absolute atomic E-state index is 0. The maximum Gasteiger partial charge on any atom is 0.251 e. The van der Waals surface area contributed by atoms with Gasteiger partial charge in [-0.25, -0.2) is 0 Å². The van der Waals surface area contributed by atoms with Crippen molar-refractivity contribution >= 4 is 18.3 Å². The van der Waals surface area contributed by atoms with Gasteiger partial charge >= 0.3 is 0 Å². The smallest absolute Gasteiger partial charge is 0.251 e. The van der Waals surface area contributed by atoms with Crippen LogP contribution >= 0.6 is 12.4 Å². The third-order valence-electron chi connectivity index (χ3n) is 3.58. The van der Waals surface area contributed by atoms with Crippen LogP contribution in [0.3, 0.4) is 0 Å². The molecule has 0 bridgehead atoms. The van der Waals surface area contributed by atoms with Crippen molar-refractivity contribution in [2.45, 2.75) is 25.3 Å². The molecule has 5 nitrogen and oxygen atoms in total. The zero-order chi connectivity index (χ0) is 15.1. The molecule has 0 spiro atoms. The third-order valence-corrected chi connectivity index (χ3v) is 3.58. The first kappa shape index (κ1) is 18.7. The summed E-state index contributed by atoms with van der Waals surface area (Å²) in [5, 5.41) is 2.88. The summed E-state index contributed by atoms with van der Waals surface area (Å²) in [6.07, 6.45) is 3.19. The summed E-state index contributed by atoms with van der Waals surface area (Å²) in [4.78, 5) is 12.1. The molecule has 1 amide bonds. The molecular formula is C16H25ClN2O3. The molecule has 1 atom stereocenters. The Morgan fingerprint density at radius 3 is 2.86 bits per heavy atom. The summed E-state index contributed by atoms with van der Waals surface area (Å²) in [5.74, 6) is 1.18. The predicted octanol–water partition coefficient (Wildman–Crippen LogP) is 1.99. The molecule has 1 aromatic rings. The Morgan fingerprint density at radius 2 is 2.18 bits per heavy atom. The number of hydrogen-bond acceptors (Lipinski definition) is 4. The average molecular weight is 329 g/mol. The van der Waals surface area contributed by atoms with Crippen molar-refractivity contribution in [3.8, 4) is 5.75 Å². The van der Waals surface area contributed by atoms with Crippen molar-refractivity contribution < 1.29 is 14.3 Å². The quantitative estimate of drug-likeness (QED) is 0.680. The Labute approximate surface area is 138 Å². The van der Waals surface area contributed by atoms with Gasteiger partial charge in [-0.2, -0.15) is 0 Å². The molecule has 1 fully saturated rings. The molecule has 22 heavy (non-hydrogen) atoms. The van der Waals surface area contributed by atoms with Crippen molar-refractivity contribution in [2.24, 2.45) is 11.7 Å². The predicted molar refractivity (Wildman–Crippen MR) is 88.7 cm³/mol. The van der Waals surface area contributed by atoms with Crippen LogP contribution < -0.4 is 15.8 Å². The first-order valence-corrected chi connectivity index (χ1v) is 7.46. The molecule has 124 valence electrons. The molecule has 1 aromatic carbocycles. The fraction of sp³-hybridized carbons (Fsp3) is 0.562. The number of carbonyl (C=O) groups excluding carboxylic acids is 1. The van der Waals surface area contributed by atoms with Crippen molar-refractivity contribution in [3.05, 3.63) is 29.8 Å². The highest BCUT2D eigenvalue weighted by molar-refractivity contribution is 5.94. The number of benzene rings is 1. The van der Waals surface area contributed by atoms with E-state index in [1.807, 2.05) is 12.1 Å². The molecule has 0 saturated heterocycles. The summed E-state index contributed by atoms with van der Waals surface area (Å²) in [7, 11) is 1.66. The number of methoxy groups -OCH3 is 1. The van der Waals surface area contributed by atoms with Crippen molar-refractivity contribution in [3.63, 3.8) is 0 Å². The van der Waals surface area contributed by atoms with Crippen LogP contribution in [0.2, 0.25) is 0 Å². The summed E-state index contributed by atoms with van der Waals surface area (Å²) in [6.45, 7) is 1.77. The van der Waals surface area contributed by atoms with Gasteiger partial charge in [0, 0.05) is 38.3 Å². The number of ether oxygens (including phenoxy) is 2. The van der Waals surface area contributed by atoms with Crippen LogP contribution in [0.25, 0.3) is 0 Å². The van der Waals surface area contributed by atoms with Crippen LogP contribution in [-0.4, -0.2) is 38.8 Å². The Bertz CT molecular complexity index is 466. The Morgan fingerprint density at radius 1 is 1.41 bits per heavy atom. The van der Waals surface area contributed by atoms with Crippen LogP contribution in [0.1, 0.15) is 29.6 Å². The second-order valence-electron chi connectivity index (χ2n) is 5.43. The van der Waals surface area contributed by atoms with Gasteiger partial charge in [-0.15, -0.1) is 12.4 Å². The van der Waals surface area contributed by atoms with Gasteiger partial charge in [0.1, 0.15) is 5.75 Å². The van der Waals surface area contributed by atoms with Crippen molar-refractivity contribution in [1.82, 2.24) is 5.32 Å². The van der Waals surface area contributed by atoms with Gasteiger partial charge in [0.2, 0.25) is 0 Å². The fourth-order valence-electron chi connectivity index (χ4n) is 2.12. The SMILES string of the molecule is COCCCOc1cccc(C(=O)NCC(N)C2CC2)c1.Cl. The second-order valence-corrected chi connectivity index (χ2v) is 5.43. The molecule has 6 heteroatoms. The molecule has 3 N–H and O–H groups in total. The van der Waals surface area contributed by atoms with Gasteiger partial charge < -0.3 is 20.5 Å². The number of rotatable bonds is 9. The van der Waals surface area contributed by atoms with E-state index in [0.717, 1.165) is 6.42 Å². The maximum atomic E-state index is 12.1. The van der Waals surface area contributed by atoms with E-state index in [1.54, 1.807) is 19.2 Å². The van der Waals surface area contributed by atoms with Gasteiger partial charge in [-0.05, 0) is 37.0 Å². The second kappa shape index (κ2) is 9.66. The lowest BCUT2D eigenvalue weighted by molar-refractivity contribution is 0.0949. The molecule has 0 aromatic heterocycles. The molecule has 1 unspecified atom stereocenters. The highest BCUT2D eigenvalue weighted by atomic mass is 35.5. The lowest BCUT2D eigenvalue weighted by Gasteiger charge is -2.12. The van der Waals surface area contributed by atoms with Crippen molar-refractivity contribution in [2.75, 3.05) is 26.9 Å². The van der Waals surface area contributed by atoms with E-state index in [9.17, 15) is 4.79 Å². The third kappa shape index (κ3) is 6.22. The zero-order valence-electron chi connectivity index (χ0n) is 12.9. The molecule has 1 aliphatic rings. The molecule has 1 aliphatic carbocycles. The Balaban J connectivity index is 0.00000242. The van der Waals surface area contributed by atoms with Gasteiger partial charge in [0.05, 0.1) is 6.61 Å². The first-order chi connectivity index (χ1) is 10.2. The summed E-state index contributed by atoms with van der Waals surface area (Å²) < 4.78 is 10.6. The van der Waals surface area contributed by atoms with Crippen LogP contribution in [-0.2, 0) is 4.74 Å². The average Bonchev–Trinajstić information content (AvgIpc) is 3.34. The van der Waals surface area contributed by atoms with E-state index in [4.69, 9.17) is 15.2 Å². The van der Waals surface area contributed by atoms with Gasteiger partial charge in [0.15, 0.2) is 0 Å². The van der Waals surface area contributed by atoms with E-state index < -0.39 is 0 Å². The van der Waals surface area contributed by atoms with E-state index in [-0.39, 0.29) is 24.4 Å². The first-order valence-electron chi connectivity index (χ1n) is 7.46. The van der Waals surface area contributed by atoms with Crippen LogP contribution in [0.4, 0.5) is 0 Å². The highest BCUT2D eigenvalue weighted by Crippen LogP contribution is 2.31. The molecule has 0 heterocycles. The number of halogens is 1. The molecule has 0 radical (unpaired) electrons. The van der Waals surface area contributed by atoms with Gasteiger partial charge in [-0.1, -0.05) is 6.07 Å². The molecular weight excluding hydrogens is 304 g/mol. The Kier molecular flexibility index (Phi) is 8.24. The maximum absolute atomic E-state index is 12.1. The van der Waals surface area contributed by atoms with E-state index >= 15 is 0 Å². The van der Waals surface area contributed by atoms with Crippen LogP contribution in [0.5, 0.6) is 5.75 Å². The lowest BCUT2D eigenvalue weighted by atomic mass is 10.1. The lowest BCUT2D eigenvalue weighted by Crippen LogP contribution is -2.38. The standard InChI is InChI=1S/C16H24N2O3.ClH/c1-20-8-3-9-21-14-5-2-4-13(10-14)16(19)18-11-15(17)12-6-7-12;/h2,4-5,10,12,15H,3,6-9,11,17H2,1H3,(H,18,19);1H. The van der Waals surface area contributed by atoms with E-state index in [2.05, 4.69) is 5.32 Å². The van der Waals surface area contributed by atoms with E-state index in [0.29, 0.717) is 37.0 Å². The highest BCUT2D eigenvalue weighted by Gasteiger charge is 2.28. The number of carbonyl (C=O) groups is 1. The van der Waals surface area contributed by atoms with Gasteiger partial charge in [-0.3, -0.25) is 4.79 Å². The minimum atomic E-state index is -0.103. The number of nitrogens with one attached hydrogen (secondary N) is 1. The monoisotopic (exact) mass is 328 g/mol. The van der Waals surface area contributed by atoms with Crippen LogP contribution in [0.15, 0.2) is 24.3 Å². The number of hydrogen-bond donors (Lipinski definition) is 2. The van der Waals surface area contributed by atoms with Crippen molar-refractivity contribution in [1.29, 1.82) is 0 Å². The number of amides is 1. The van der Waals surface area contributed by atoms with Gasteiger partial charge in [0.25, 0.3) is 5.91 Å². The topological polar surface area (TPSA) is 73.6 Å². The Hall–Kier alpha value is -1.30. The molecule has 2 rings (SSSR count). The summed E-state index contributed by atoms with van der Waals surface area (Å²) in [6, 6.07) is 7.27. The van der Waals surface area contributed by atoms with Crippen LogP contribution in [0, 0.1) is 5.92 Å². The number of nitrogens with two attached hydrogens (primary N) is 1. The fourth-order valence-corrected chi connectivity index (χ4v) is 2.12. The largest absolute Gasteiger partial charge is 0.493 e. The molecule has 1 saturated carbocycles. The zero-order valence-corrected chi connectivity index (χ0v) is 13.7. The minimum Gasteiger partial charge on any atom is -0.493 e. The normalized spacial score (nSPS) is 14.8. The summed E-state index contributed by atoms with van der Waals surface area (Å²) >= 11 is 0.